The SMILES string of the molecule is CC(=O)OC/C=C1/CCC1Cn1cc(C)c(=O)n(C(=O)c2ccccc2)c1=O. The first-order chi connectivity index (χ1) is 13.4. The average Bonchev–Trinajstić information content (AvgIpc) is 2.66. The van der Waals surface area contributed by atoms with Gasteiger partial charge in [-0.25, -0.2) is 4.79 Å². The molecule has 1 unspecified atom stereocenters. The number of hydrogen-bond donors (Lipinski definition) is 0. The highest BCUT2D eigenvalue weighted by Crippen LogP contribution is 2.34. The maximum absolute atomic E-state index is 12.9. The average molecular weight is 382 g/mol. The van der Waals surface area contributed by atoms with Crippen LogP contribution in [0.2, 0.25) is 0 Å². The molecule has 7 heteroatoms. The molecule has 1 aromatic carbocycles. The number of carbonyl (C=O) groups excluding carboxylic acids is 2. The van der Waals surface area contributed by atoms with Crippen molar-refractivity contribution in [2.24, 2.45) is 5.92 Å². The number of benzene rings is 1. The number of allylic oxidation sites excluding steroid dienone is 1. The predicted molar refractivity (Wildman–Crippen MR) is 103 cm³/mol. The zero-order valence-corrected chi connectivity index (χ0v) is 15.9. The van der Waals surface area contributed by atoms with Crippen molar-refractivity contribution in [3.63, 3.8) is 0 Å². The van der Waals surface area contributed by atoms with Gasteiger partial charge in [-0.3, -0.25) is 19.0 Å². The fourth-order valence-corrected chi connectivity index (χ4v) is 3.25. The summed E-state index contributed by atoms with van der Waals surface area (Å²) in [5, 5.41) is 0. The largest absolute Gasteiger partial charge is 0.462 e. The Morgan fingerprint density at radius 2 is 1.93 bits per heavy atom. The van der Waals surface area contributed by atoms with Gasteiger partial charge in [-0.2, -0.15) is 4.57 Å². The molecule has 1 atom stereocenters. The van der Waals surface area contributed by atoms with Gasteiger partial charge >= 0.3 is 11.7 Å². The van der Waals surface area contributed by atoms with Crippen LogP contribution in [-0.4, -0.2) is 27.6 Å². The van der Waals surface area contributed by atoms with Crippen LogP contribution < -0.4 is 11.2 Å². The highest BCUT2D eigenvalue weighted by Gasteiger charge is 2.26. The summed E-state index contributed by atoms with van der Waals surface area (Å²) in [6, 6.07) is 8.27. The maximum Gasteiger partial charge on any atom is 0.338 e. The van der Waals surface area contributed by atoms with E-state index in [-0.39, 0.29) is 24.1 Å². The van der Waals surface area contributed by atoms with Crippen molar-refractivity contribution < 1.29 is 14.3 Å². The molecule has 0 amide bonds. The van der Waals surface area contributed by atoms with E-state index in [0.29, 0.717) is 16.7 Å². The van der Waals surface area contributed by atoms with Gasteiger partial charge in [0, 0.05) is 30.8 Å². The summed E-state index contributed by atoms with van der Waals surface area (Å²) < 4.78 is 7.05. The second-order valence-corrected chi connectivity index (χ2v) is 6.88. The third kappa shape index (κ3) is 4.03. The molecule has 0 bridgehead atoms. The van der Waals surface area contributed by atoms with Crippen molar-refractivity contribution in [3.05, 3.63) is 80.1 Å². The lowest BCUT2D eigenvalue weighted by molar-refractivity contribution is -0.139. The van der Waals surface area contributed by atoms with Crippen molar-refractivity contribution >= 4 is 11.9 Å². The van der Waals surface area contributed by atoms with Crippen molar-refractivity contribution in [1.82, 2.24) is 9.13 Å². The van der Waals surface area contributed by atoms with Crippen molar-refractivity contribution in [2.45, 2.75) is 33.2 Å². The molecule has 1 aliphatic carbocycles. The predicted octanol–water partition coefficient (Wildman–Crippen LogP) is 1.91. The number of aromatic nitrogens is 2. The van der Waals surface area contributed by atoms with Crippen LogP contribution in [0.15, 0.2) is 57.8 Å². The van der Waals surface area contributed by atoms with Crippen LogP contribution in [0.5, 0.6) is 0 Å². The van der Waals surface area contributed by atoms with E-state index in [2.05, 4.69) is 0 Å². The third-order valence-corrected chi connectivity index (χ3v) is 4.91. The number of ether oxygens (including phenoxy) is 1. The van der Waals surface area contributed by atoms with Gasteiger partial charge in [-0.1, -0.05) is 23.8 Å². The lowest BCUT2D eigenvalue weighted by Gasteiger charge is -2.30. The van der Waals surface area contributed by atoms with Gasteiger partial charge < -0.3 is 4.74 Å². The van der Waals surface area contributed by atoms with Gasteiger partial charge in [0.25, 0.3) is 11.5 Å². The Kier molecular flexibility index (Phi) is 5.73. The molecule has 1 aromatic heterocycles. The minimum atomic E-state index is -0.643. The normalized spacial score (nSPS) is 17.2. The maximum atomic E-state index is 12.9. The molecular formula is C21H22N2O5. The number of carbonyl (C=O) groups is 2. The van der Waals surface area contributed by atoms with Gasteiger partial charge in [-0.05, 0) is 43.9 Å². The van der Waals surface area contributed by atoms with Crippen LogP contribution in [0, 0.1) is 12.8 Å². The van der Waals surface area contributed by atoms with Crippen LogP contribution >= 0.6 is 0 Å². The quantitative estimate of drug-likeness (QED) is 0.582. The second kappa shape index (κ2) is 8.21. The minimum absolute atomic E-state index is 0.116. The van der Waals surface area contributed by atoms with E-state index < -0.39 is 17.2 Å². The van der Waals surface area contributed by atoms with Gasteiger partial charge in [-0.15, -0.1) is 0 Å². The van der Waals surface area contributed by atoms with E-state index in [9.17, 15) is 19.2 Å². The van der Waals surface area contributed by atoms with E-state index in [0.717, 1.165) is 18.4 Å². The Bertz CT molecular complexity index is 1050. The first kappa shape index (κ1) is 19.5. The Balaban J connectivity index is 1.88. The molecular weight excluding hydrogens is 360 g/mol. The summed E-state index contributed by atoms with van der Waals surface area (Å²) in [5.74, 6) is -0.858. The first-order valence-electron chi connectivity index (χ1n) is 9.13. The Labute approximate surface area is 161 Å². The topological polar surface area (TPSA) is 87.4 Å². The first-order valence-corrected chi connectivity index (χ1v) is 9.13. The molecule has 3 rings (SSSR count). The minimum Gasteiger partial charge on any atom is -0.462 e. The zero-order valence-electron chi connectivity index (χ0n) is 15.9. The lowest BCUT2D eigenvalue weighted by atomic mass is 9.79. The van der Waals surface area contributed by atoms with E-state index in [1.165, 1.54) is 17.7 Å². The summed E-state index contributed by atoms with van der Waals surface area (Å²) >= 11 is 0. The highest BCUT2D eigenvalue weighted by atomic mass is 16.5. The van der Waals surface area contributed by atoms with Crippen LogP contribution in [0.1, 0.15) is 35.7 Å². The van der Waals surface area contributed by atoms with Gasteiger partial charge in [0.05, 0.1) is 0 Å². The highest BCUT2D eigenvalue weighted by molar-refractivity contribution is 5.95. The monoisotopic (exact) mass is 382 g/mol. The van der Waals surface area contributed by atoms with E-state index in [1.54, 1.807) is 37.3 Å². The molecule has 0 radical (unpaired) electrons. The molecule has 146 valence electrons. The molecule has 0 spiro atoms. The lowest BCUT2D eigenvalue weighted by Crippen LogP contribution is -2.45. The van der Waals surface area contributed by atoms with Crippen molar-refractivity contribution in [2.75, 3.05) is 6.61 Å². The zero-order chi connectivity index (χ0) is 20.3. The van der Waals surface area contributed by atoms with Crippen molar-refractivity contribution in [1.29, 1.82) is 0 Å². The number of rotatable bonds is 5. The van der Waals surface area contributed by atoms with Gasteiger partial charge in [0.1, 0.15) is 6.61 Å². The molecule has 7 nitrogen and oxygen atoms in total. The molecule has 28 heavy (non-hydrogen) atoms. The fraction of sp³-hybridized carbons (Fsp3) is 0.333. The number of esters is 1. The molecule has 0 saturated heterocycles. The Hall–Kier alpha value is -3.22. The van der Waals surface area contributed by atoms with Crippen LogP contribution in [0.4, 0.5) is 0 Å². The summed E-state index contributed by atoms with van der Waals surface area (Å²) in [5.41, 5.74) is 0.473. The van der Waals surface area contributed by atoms with E-state index in [1.807, 2.05) is 6.08 Å². The fourth-order valence-electron chi connectivity index (χ4n) is 3.25. The Morgan fingerprint density at radius 1 is 1.21 bits per heavy atom. The summed E-state index contributed by atoms with van der Waals surface area (Å²) in [6.45, 7) is 3.52. The number of nitrogens with zero attached hydrogens (tertiary/aromatic N) is 2. The molecule has 0 N–H and O–H groups in total. The molecule has 1 aliphatic rings. The van der Waals surface area contributed by atoms with Crippen LogP contribution in [0.25, 0.3) is 0 Å². The second-order valence-electron chi connectivity index (χ2n) is 6.88. The van der Waals surface area contributed by atoms with Crippen molar-refractivity contribution in [3.8, 4) is 0 Å². The third-order valence-electron chi connectivity index (χ3n) is 4.91. The molecule has 1 saturated carbocycles. The van der Waals surface area contributed by atoms with E-state index in [4.69, 9.17) is 4.74 Å². The molecule has 0 aliphatic heterocycles. The molecule has 2 aromatic rings. The number of hydrogen-bond acceptors (Lipinski definition) is 5. The van der Waals surface area contributed by atoms with Gasteiger partial charge in [0.15, 0.2) is 0 Å². The van der Waals surface area contributed by atoms with Crippen LogP contribution in [-0.2, 0) is 16.1 Å². The van der Waals surface area contributed by atoms with E-state index >= 15 is 0 Å². The summed E-state index contributed by atoms with van der Waals surface area (Å²) in [6.07, 6.45) is 5.13. The van der Waals surface area contributed by atoms with Gasteiger partial charge in [0.2, 0.25) is 0 Å². The summed E-state index contributed by atoms with van der Waals surface area (Å²) in [7, 11) is 0. The Morgan fingerprint density at radius 3 is 2.54 bits per heavy atom. The molecule has 1 fully saturated rings. The smallest absolute Gasteiger partial charge is 0.338 e. The summed E-state index contributed by atoms with van der Waals surface area (Å²) in [4.78, 5) is 48.9. The van der Waals surface area contributed by atoms with Crippen LogP contribution in [0.3, 0.4) is 0 Å². The molecule has 1 heterocycles. The number of aryl methyl sites for hydroxylation is 1. The standard InChI is InChI=1S/C21H22N2O5/c1-14-12-22(13-18-9-8-16(18)10-11-28-15(2)24)21(27)23(19(14)25)20(26)17-6-4-3-5-7-17/h3-7,10,12,18H,8-9,11,13H2,1-2H3/b16-10-.